The van der Waals surface area contributed by atoms with E-state index in [0.717, 1.165) is 10.5 Å². The largest absolute Gasteiger partial charge is 0.363 e. The lowest BCUT2D eigenvalue weighted by molar-refractivity contribution is -0.194. The van der Waals surface area contributed by atoms with Gasteiger partial charge in [0.25, 0.3) is 5.91 Å². The fraction of sp³-hybridized carbons (Fsp3) is 0.273. The van der Waals surface area contributed by atoms with Crippen molar-refractivity contribution in [3.8, 4) is 0 Å². The Bertz CT molecular complexity index is 1130. The second-order valence-electron chi connectivity index (χ2n) is 7.82. The summed E-state index contributed by atoms with van der Waals surface area (Å²) in [6, 6.07) is 13.1. The maximum absolute atomic E-state index is 13.2. The zero-order chi connectivity index (χ0) is 22.3. The zero-order valence-electron chi connectivity index (χ0n) is 17.2. The number of H-pyrrole nitrogens is 1. The molecular weight excluding hydrogens is 400 g/mol. The predicted octanol–water partition coefficient (Wildman–Crippen LogP) is 1.53. The van der Waals surface area contributed by atoms with Gasteiger partial charge >= 0.3 is 0 Å². The Labute approximate surface area is 178 Å². The van der Waals surface area contributed by atoms with Crippen molar-refractivity contribution in [3.05, 3.63) is 65.9 Å². The van der Waals surface area contributed by atoms with Crippen LogP contribution in [0.3, 0.4) is 0 Å². The quantitative estimate of drug-likeness (QED) is 0.461. The molecule has 1 fully saturated rings. The number of likely N-dealkylation sites (N-methyl/N-ethyl adjacent to an activating group) is 2. The number of aromatic amines is 1. The number of nitrogens with one attached hydrogen (secondary N) is 1. The molecule has 31 heavy (non-hydrogen) atoms. The van der Waals surface area contributed by atoms with Crippen LogP contribution in [0.1, 0.15) is 11.1 Å². The van der Waals surface area contributed by atoms with Crippen LogP contribution in [0, 0.1) is 0 Å². The third-order valence-electron chi connectivity index (χ3n) is 5.99. The van der Waals surface area contributed by atoms with Crippen LogP contribution >= 0.6 is 0 Å². The average Bonchev–Trinajstić information content (AvgIpc) is 3.18. The topological polar surface area (TPSA) is 120 Å². The first-order valence-electron chi connectivity index (χ1n) is 9.82. The first-order chi connectivity index (χ1) is 14.7. The molecule has 162 valence electrons. The van der Waals surface area contributed by atoms with Gasteiger partial charge in [0.2, 0.25) is 11.6 Å². The number of aromatic nitrogens is 1. The Morgan fingerprint density at radius 1 is 1.06 bits per heavy atom. The smallest absolute Gasteiger partial charge is 0.276 e. The van der Waals surface area contributed by atoms with Gasteiger partial charge in [-0.25, -0.2) is 0 Å². The van der Waals surface area contributed by atoms with Gasteiger partial charge in [-0.2, -0.15) is 0 Å². The van der Waals surface area contributed by atoms with E-state index in [9.17, 15) is 25.1 Å². The number of hydrogen-bond donors (Lipinski definition) is 4. The van der Waals surface area contributed by atoms with E-state index in [1.54, 1.807) is 42.6 Å². The number of aliphatic hydroxyl groups is 1. The van der Waals surface area contributed by atoms with Crippen molar-refractivity contribution in [1.29, 1.82) is 0 Å². The van der Waals surface area contributed by atoms with E-state index >= 15 is 0 Å². The van der Waals surface area contributed by atoms with Gasteiger partial charge in [0.1, 0.15) is 11.7 Å². The van der Waals surface area contributed by atoms with E-state index in [4.69, 9.17) is 0 Å². The van der Waals surface area contributed by atoms with Gasteiger partial charge in [-0.3, -0.25) is 20.0 Å². The molecule has 0 aliphatic carbocycles. The summed E-state index contributed by atoms with van der Waals surface area (Å²) in [5, 5.41) is 30.9. The van der Waals surface area contributed by atoms with Crippen molar-refractivity contribution in [2.45, 2.75) is 24.6 Å². The molecule has 2 amide bonds. The van der Waals surface area contributed by atoms with Gasteiger partial charge in [-0.1, -0.05) is 36.4 Å². The van der Waals surface area contributed by atoms with Crippen LogP contribution in [0.25, 0.3) is 10.9 Å². The highest BCUT2D eigenvalue weighted by molar-refractivity contribution is 6.00. The van der Waals surface area contributed by atoms with E-state index in [-0.39, 0.29) is 23.8 Å². The second-order valence-corrected chi connectivity index (χ2v) is 7.82. The zero-order valence-corrected chi connectivity index (χ0v) is 17.2. The molecule has 1 saturated heterocycles. The number of benzene rings is 2. The molecule has 4 rings (SSSR count). The highest BCUT2D eigenvalue weighted by atomic mass is 16.8. The van der Waals surface area contributed by atoms with E-state index in [1.807, 2.05) is 6.07 Å². The minimum Gasteiger partial charge on any atom is -0.363 e. The molecular formula is C22H24N4O5. The average molecular weight is 424 g/mol. The normalized spacial score (nSPS) is 21.8. The van der Waals surface area contributed by atoms with Crippen LogP contribution in [0.4, 0.5) is 5.69 Å². The molecule has 9 nitrogen and oxygen atoms in total. The van der Waals surface area contributed by atoms with Gasteiger partial charge in [-0.15, -0.1) is 5.23 Å². The number of carbonyl (C=O) groups excluding carboxylic acids is 2. The fourth-order valence-electron chi connectivity index (χ4n) is 4.21. The van der Waals surface area contributed by atoms with Gasteiger partial charge in [-0.05, 0) is 23.3 Å². The van der Waals surface area contributed by atoms with E-state index in [0.29, 0.717) is 16.5 Å². The van der Waals surface area contributed by atoms with Crippen LogP contribution in [-0.2, 0) is 22.4 Å². The molecule has 2 heterocycles. The molecule has 3 aromatic rings. The molecule has 0 spiro atoms. The van der Waals surface area contributed by atoms with Crippen LogP contribution in [0.15, 0.2) is 54.7 Å². The number of hydrogen-bond acceptors (Lipinski definition) is 6. The fourth-order valence-corrected chi connectivity index (χ4v) is 4.21. The highest BCUT2D eigenvalue weighted by Gasteiger charge is 2.52. The third-order valence-corrected chi connectivity index (χ3v) is 5.99. The Hall–Kier alpha value is -3.40. The SMILES string of the molecule is CN1C(=O)C(O)(Cc2ccccc2)N(C)C(=O)C1Cc1c[nH]c2cccc(N(O)O)c12. The minimum absolute atomic E-state index is 0.0206. The molecule has 0 saturated carbocycles. The van der Waals surface area contributed by atoms with Gasteiger partial charge in [0, 0.05) is 44.0 Å². The molecule has 0 bridgehead atoms. The Morgan fingerprint density at radius 3 is 2.45 bits per heavy atom. The number of rotatable bonds is 5. The van der Waals surface area contributed by atoms with Crippen molar-refractivity contribution < 1.29 is 25.1 Å². The van der Waals surface area contributed by atoms with Crippen LogP contribution in [0.5, 0.6) is 0 Å². The number of amides is 2. The van der Waals surface area contributed by atoms with E-state index in [2.05, 4.69) is 4.98 Å². The lowest BCUT2D eigenvalue weighted by atomic mass is 9.92. The first kappa shape index (κ1) is 20.9. The van der Waals surface area contributed by atoms with Crippen molar-refractivity contribution in [1.82, 2.24) is 14.8 Å². The monoisotopic (exact) mass is 424 g/mol. The number of anilines is 1. The predicted molar refractivity (Wildman–Crippen MR) is 112 cm³/mol. The highest BCUT2D eigenvalue weighted by Crippen LogP contribution is 2.32. The number of nitrogens with zero attached hydrogens (tertiary/aromatic N) is 3. The van der Waals surface area contributed by atoms with Crippen LogP contribution in [-0.4, -0.2) is 68.0 Å². The second kappa shape index (κ2) is 7.69. The maximum atomic E-state index is 13.2. The summed E-state index contributed by atoms with van der Waals surface area (Å²) in [5.74, 6) is -0.980. The van der Waals surface area contributed by atoms with Gasteiger partial charge in [0.05, 0.1) is 0 Å². The Morgan fingerprint density at radius 2 is 1.77 bits per heavy atom. The first-order valence-corrected chi connectivity index (χ1v) is 9.82. The minimum atomic E-state index is -1.98. The summed E-state index contributed by atoms with van der Waals surface area (Å²) in [5.41, 5.74) is 0.199. The van der Waals surface area contributed by atoms with Crippen molar-refractivity contribution >= 4 is 28.4 Å². The summed E-state index contributed by atoms with van der Waals surface area (Å²) in [6.07, 6.45) is 1.79. The van der Waals surface area contributed by atoms with E-state index in [1.165, 1.54) is 25.1 Å². The summed E-state index contributed by atoms with van der Waals surface area (Å²) in [7, 11) is 2.92. The molecule has 1 aliphatic rings. The van der Waals surface area contributed by atoms with Crippen molar-refractivity contribution in [3.63, 3.8) is 0 Å². The lowest BCUT2D eigenvalue weighted by Crippen LogP contribution is -2.70. The molecule has 1 aliphatic heterocycles. The molecule has 4 N–H and O–H groups in total. The summed E-state index contributed by atoms with van der Waals surface area (Å²) in [4.78, 5) is 31.8. The molecule has 0 radical (unpaired) electrons. The van der Waals surface area contributed by atoms with Gasteiger partial charge in [0.15, 0.2) is 0 Å². The Kier molecular flexibility index (Phi) is 5.18. The van der Waals surface area contributed by atoms with Crippen molar-refractivity contribution in [2.75, 3.05) is 19.3 Å². The Balaban J connectivity index is 1.66. The van der Waals surface area contributed by atoms with Crippen molar-refractivity contribution in [2.24, 2.45) is 0 Å². The summed E-state index contributed by atoms with van der Waals surface area (Å²) in [6.45, 7) is 0. The lowest BCUT2D eigenvalue weighted by Gasteiger charge is -2.47. The standard InChI is InChI=1S/C22H24N4O5/c1-24-18(11-15-13-23-16-9-6-10-17(19(15)16)26(30)31)20(27)25(2)22(29,21(24)28)12-14-7-4-3-5-8-14/h3-10,13,18,23,29-31H,11-12H2,1-2H3. The van der Waals surface area contributed by atoms with Crippen LogP contribution in [0.2, 0.25) is 0 Å². The van der Waals surface area contributed by atoms with Gasteiger partial charge < -0.3 is 19.9 Å². The number of piperazine rings is 1. The third kappa shape index (κ3) is 3.42. The molecule has 2 aromatic carbocycles. The molecule has 1 aromatic heterocycles. The maximum Gasteiger partial charge on any atom is 0.276 e. The number of fused-ring (bicyclic) bond motifs is 1. The summed E-state index contributed by atoms with van der Waals surface area (Å²) >= 11 is 0. The molecule has 2 unspecified atom stereocenters. The number of carbonyl (C=O) groups is 2. The summed E-state index contributed by atoms with van der Waals surface area (Å²) < 4.78 is 0. The van der Waals surface area contributed by atoms with Crippen LogP contribution < -0.4 is 5.23 Å². The van der Waals surface area contributed by atoms with E-state index < -0.39 is 23.6 Å². The molecule has 2 atom stereocenters. The molecule has 9 heteroatoms.